The van der Waals surface area contributed by atoms with Crippen molar-refractivity contribution in [3.05, 3.63) is 29.3 Å². The van der Waals surface area contributed by atoms with Gasteiger partial charge in [-0.3, -0.25) is 0 Å². The number of hydrogen-bond donors (Lipinski definition) is 2. The van der Waals surface area contributed by atoms with Crippen molar-refractivity contribution in [3.8, 4) is 0 Å². The van der Waals surface area contributed by atoms with Crippen molar-refractivity contribution < 1.29 is 5.11 Å². The van der Waals surface area contributed by atoms with Gasteiger partial charge in [0.15, 0.2) is 0 Å². The molecule has 2 N–H and O–H groups in total. The zero-order valence-corrected chi connectivity index (χ0v) is 9.33. The van der Waals surface area contributed by atoms with Gasteiger partial charge in [-0.1, -0.05) is 26.0 Å². The Hall–Kier alpha value is -1.06. The molecule has 0 radical (unpaired) electrons. The summed E-state index contributed by atoms with van der Waals surface area (Å²) in [4.78, 5) is 0. The number of aliphatic hydroxyl groups excluding tert-OH is 1. The number of nitrogens with zero attached hydrogens (tertiary/aromatic N) is 1. The molecular formula is C12H18N2O. The molecule has 0 fully saturated rings. The number of benzene rings is 1. The van der Waals surface area contributed by atoms with Crippen LogP contribution in [0.2, 0.25) is 0 Å². The molecule has 0 atom stereocenters. The molecule has 1 aromatic rings. The summed E-state index contributed by atoms with van der Waals surface area (Å²) in [5, 5.41) is 11.3. The minimum atomic E-state index is 0.110. The summed E-state index contributed by atoms with van der Waals surface area (Å²) in [7, 11) is 0. The summed E-state index contributed by atoms with van der Waals surface area (Å²) < 4.78 is 0. The number of aliphatic hydroxyl groups is 1. The second-order valence-electron chi connectivity index (χ2n) is 4.54. The topological polar surface area (TPSA) is 35.5 Å². The third-order valence-corrected chi connectivity index (χ3v) is 2.58. The molecular weight excluding hydrogens is 188 g/mol. The van der Waals surface area contributed by atoms with Crippen molar-refractivity contribution in [1.82, 2.24) is 5.01 Å². The second kappa shape index (κ2) is 4.21. The zero-order valence-electron chi connectivity index (χ0n) is 9.33. The van der Waals surface area contributed by atoms with Crippen LogP contribution in [0.4, 0.5) is 5.69 Å². The third kappa shape index (κ3) is 2.30. The standard InChI is InChI=1S/C12H18N2O/c1-9(2)6-14-7-11-4-3-10(8-15)5-12(11)13-14/h3-5,9,13,15H,6-8H2,1-2H3. The number of anilines is 1. The van der Waals surface area contributed by atoms with E-state index >= 15 is 0 Å². The lowest BCUT2D eigenvalue weighted by atomic mass is 10.1. The van der Waals surface area contributed by atoms with Crippen LogP contribution in [0.15, 0.2) is 18.2 Å². The second-order valence-corrected chi connectivity index (χ2v) is 4.54. The molecule has 3 heteroatoms. The van der Waals surface area contributed by atoms with Gasteiger partial charge in [-0.05, 0) is 23.1 Å². The van der Waals surface area contributed by atoms with E-state index in [0.717, 1.165) is 24.3 Å². The molecule has 1 heterocycles. The Labute approximate surface area is 90.7 Å². The summed E-state index contributed by atoms with van der Waals surface area (Å²) in [6.07, 6.45) is 0. The van der Waals surface area contributed by atoms with Crippen molar-refractivity contribution >= 4 is 5.69 Å². The summed E-state index contributed by atoms with van der Waals surface area (Å²) in [6.45, 7) is 6.54. The van der Waals surface area contributed by atoms with Crippen LogP contribution >= 0.6 is 0 Å². The molecule has 0 saturated heterocycles. The zero-order chi connectivity index (χ0) is 10.8. The molecule has 82 valence electrons. The summed E-state index contributed by atoms with van der Waals surface area (Å²) >= 11 is 0. The van der Waals surface area contributed by atoms with Gasteiger partial charge in [0, 0.05) is 13.1 Å². The lowest BCUT2D eigenvalue weighted by Gasteiger charge is -2.18. The lowest BCUT2D eigenvalue weighted by molar-refractivity contribution is 0.282. The van der Waals surface area contributed by atoms with Crippen LogP contribution in [0.5, 0.6) is 0 Å². The molecule has 0 spiro atoms. The highest BCUT2D eigenvalue weighted by molar-refractivity contribution is 5.55. The summed E-state index contributed by atoms with van der Waals surface area (Å²) in [6, 6.07) is 6.10. The van der Waals surface area contributed by atoms with Gasteiger partial charge in [0.2, 0.25) is 0 Å². The van der Waals surface area contributed by atoms with Crippen LogP contribution in [-0.4, -0.2) is 16.7 Å². The van der Waals surface area contributed by atoms with E-state index < -0.39 is 0 Å². The highest BCUT2D eigenvalue weighted by Gasteiger charge is 2.18. The SMILES string of the molecule is CC(C)CN1Cc2ccc(CO)cc2N1. The van der Waals surface area contributed by atoms with Crippen LogP contribution in [-0.2, 0) is 13.2 Å². The van der Waals surface area contributed by atoms with Gasteiger partial charge >= 0.3 is 0 Å². The van der Waals surface area contributed by atoms with E-state index in [0.29, 0.717) is 5.92 Å². The van der Waals surface area contributed by atoms with Crippen molar-refractivity contribution in [2.24, 2.45) is 5.92 Å². The number of hydrogen-bond acceptors (Lipinski definition) is 3. The molecule has 1 aliphatic rings. The van der Waals surface area contributed by atoms with Crippen LogP contribution in [0.1, 0.15) is 25.0 Å². The fraction of sp³-hybridized carbons (Fsp3) is 0.500. The summed E-state index contributed by atoms with van der Waals surface area (Å²) in [5.41, 5.74) is 6.78. The largest absolute Gasteiger partial charge is 0.392 e. The fourth-order valence-corrected chi connectivity index (χ4v) is 1.93. The van der Waals surface area contributed by atoms with Gasteiger partial charge in [0.1, 0.15) is 0 Å². The Morgan fingerprint density at radius 1 is 1.47 bits per heavy atom. The average molecular weight is 206 g/mol. The minimum absolute atomic E-state index is 0.110. The molecule has 0 amide bonds. The lowest BCUT2D eigenvalue weighted by Crippen LogP contribution is -2.27. The first-order valence-electron chi connectivity index (χ1n) is 5.43. The Morgan fingerprint density at radius 3 is 2.93 bits per heavy atom. The van der Waals surface area contributed by atoms with Gasteiger partial charge in [-0.2, -0.15) is 0 Å². The summed E-state index contributed by atoms with van der Waals surface area (Å²) in [5.74, 6) is 0.657. The smallest absolute Gasteiger partial charge is 0.0682 e. The van der Waals surface area contributed by atoms with Crippen LogP contribution in [0, 0.1) is 5.92 Å². The van der Waals surface area contributed by atoms with Crippen molar-refractivity contribution in [1.29, 1.82) is 0 Å². The van der Waals surface area contributed by atoms with Crippen molar-refractivity contribution in [2.45, 2.75) is 27.0 Å². The third-order valence-electron chi connectivity index (χ3n) is 2.58. The maximum atomic E-state index is 9.04. The molecule has 0 aliphatic carbocycles. The Morgan fingerprint density at radius 2 is 2.27 bits per heavy atom. The number of rotatable bonds is 3. The van der Waals surface area contributed by atoms with Gasteiger partial charge in [0.25, 0.3) is 0 Å². The molecule has 15 heavy (non-hydrogen) atoms. The van der Waals surface area contributed by atoms with Gasteiger partial charge in [-0.15, -0.1) is 0 Å². The molecule has 0 unspecified atom stereocenters. The van der Waals surface area contributed by atoms with Crippen LogP contribution in [0.25, 0.3) is 0 Å². The number of nitrogens with one attached hydrogen (secondary N) is 1. The molecule has 0 aromatic heterocycles. The monoisotopic (exact) mass is 206 g/mol. The Balaban J connectivity index is 2.09. The average Bonchev–Trinajstić information content (AvgIpc) is 2.57. The molecule has 3 nitrogen and oxygen atoms in total. The van der Waals surface area contributed by atoms with Gasteiger partial charge in [-0.25, -0.2) is 5.01 Å². The molecule has 1 aromatic carbocycles. The van der Waals surface area contributed by atoms with E-state index in [1.165, 1.54) is 5.56 Å². The molecule has 0 bridgehead atoms. The van der Waals surface area contributed by atoms with Gasteiger partial charge < -0.3 is 10.5 Å². The quantitative estimate of drug-likeness (QED) is 0.793. The molecule has 0 saturated carbocycles. The Kier molecular flexibility index (Phi) is 2.93. The number of fused-ring (bicyclic) bond motifs is 1. The predicted octanol–water partition coefficient (Wildman–Crippen LogP) is 1.98. The fourth-order valence-electron chi connectivity index (χ4n) is 1.93. The predicted molar refractivity (Wildman–Crippen MR) is 61.2 cm³/mol. The maximum absolute atomic E-state index is 9.04. The number of hydrazine groups is 1. The van der Waals surface area contributed by atoms with E-state index in [1.807, 2.05) is 12.1 Å². The van der Waals surface area contributed by atoms with Crippen LogP contribution in [0.3, 0.4) is 0 Å². The van der Waals surface area contributed by atoms with Crippen molar-refractivity contribution in [3.63, 3.8) is 0 Å². The first kappa shape index (κ1) is 10.5. The molecule has 1 aliphatic heterocycles. The highest BCUT2D eigenvalue weighted by atomic mass is 16.3. The highest BCUT2D eigenvalue weighted by Crippen LogP contribution is 2.26. The Bertz CT molecular complexity index is 349. The normalized spacial score (nSPS) is 15.5. The first-order valence-corrected chi connectivity index (χ1v) is 5.43. The van der Waals surface area contributed by atoms with E-state index in [1.54, 1.807) is 0 Å². The van der Waals surface area contributed by atoms with E-state index in [2.05, 4.69) is 30.3 Å². The van der Waals surface area contributed by atoms with Gasteiger partial charge in [0.05, 0.1) is 12.3 Å². The van der Waals surface area contributed by atoms with E-state index in [-0.39, 0.29) is 6.61 Å². The van der Waals surface area contributed by atoms with Crippen LogP contribution < -0.4 is 5.43 Å². The van der Waals surface area contributed by atoms with Crippen molar-refractivity contribution in [2.75, 3.05) is 12.0 Å². The first-order chi connectivity index (χ1) is 7.19. The van der Waals surface area contributed by atoms with E-state index in [9.17, 15) is 0 Å². The van der Waals surface area contributed by atoms with E-state index in [4.69, 9.17) is 5.11 Å². The molecule has 2 rings (SSSR count). The maximum Gasteiger partial charge on any atom is 0.0682 e. The minimum Gasteiger partial charge on any atom is -0.392 e.